The number of phenols is 1. The molecule has 3 nitrogen and oxygen atoms in total. The summed E-state index contributed by atoms with van der Waals surface area (Å²) in [4.78, 5) is 0. The van der Waals surface area contributed by atoms with E-state index in [1.54, 1.807) is 0 Å². The summed E-state index contributed by atoms with van der Waals surface area (Å²) in [7, 11) is 1.38. The maximum absolute atomic E-state index is 13.3. The minimum Gasteiger partial charge on any atom is -0.504 e. The third kappa shape index (κ3) is 2.44. The molecule has 4 heteroatoms. The van der Waals surface area contributed by atoms with Crippen LogP contribution in [0.15, 0.2) is 12.1 Å². The molecule has 0 saturated heterocycles. The van der Waals surface area contributed by atoms with Gasteiger partial charge in [-0.1, -0.05) is 20.8 Å². The van der Waals surface area contributed by atoms with Crippen molar-refractivity contribution in [2.75, 3.05) is 7.11 Å². The molecule has 1 atom stereocenters. The molecule has 1 aromatic carbocycles. The molecular weight excluding hydrogens is 209 g/mol. The highest BCUT2D eigenvalue weighted by Gasteiger charge is 2.26. The van der Waals surface area contributed by atoms with Crippen molar-refractivity contribution in [3.8, 4) is 11.5 Å². The molecule has 0 heterocycles. The Morgan fingerprint density at radius 2 is 1.94 bits per heavy atom. The van der Waals surface area contributed by atoms with Crippen LogP contribution in [0, 0.1) is 11.2 Å². The maximum Gasteiger partial charge on any atom is 0.163 e. The molecule has 1 rings (SSSR count). The van der Waals surface area contributed by atoms with E-state index in [0.29, 0.717) is 5.56 Å². The van der Waals surface area contributed by atoms with Crippen LogP contribution in [0.25, 0.3) is 0 Å². The standard InChI is InChI=1S/C12H18FNO2/c1-12(2,3)11(14)8-5-7(13)6-9(16-4)10(8)15/h5-6,11,15H,14H2,1-4H3/t11-/m0/s1. The Hall–Kier alpha value is -1.29. The largest absolute Gasteiger partial charge is 0.504 e. The Bertz CT molecular complexity index is 385. The molecule has 0 spiro atoms. The van der Waals surface area contributed by atoms with Gasteiger partial charge in [0, 0.05) is 17.7 Å². The van der Waals surface area contributed by atoms with Gasteiger partial charge in [0.05, 0.1) is 7.11 Å². The van der Waals surface area contributed by atoms with Gasteiger partial charge in [-0.25, -0.2) is 4.39 Å². The third-order valence-electron chi connectivity index (χ3n) is 2.56. The topological polar surface area (TPSA) is 55.5 Å². The zero-order valence-electron chi connectivity index (χ0n) is 10.0. The van der Waals surface area contributed by atoms with E-state index in [2.05, 4.69) is 0 Å². The molecule has 3 N–H and O–H groups in total. The lowest BCUT2D eigenvalue weighted by atomic mass is 9.82. The zero-order chi connectivity index (χ0) is 12.5. The van der Waals surface area contributed by atoms with Crippen molar-refractivity contribution in [2.45, 2.75) is 26.8 Å². The number of benzene rings is 1. The van der Waals surface area contributed by atoms with E-state index in [1.165, 1.54) is 13.2 Å². The summed E-state index contributed by atoms with van der Waals surface area (Å²) in [5, 5.41) is 9.88. The quantitative estimate of drug-likeness (QED) is 0.816. The summed E-state index contributed by atoms with van der Waals surface area (Å²) < 4.78 is 18.2. The number of halogens is 1. The second-order valence-corrected chi connectivity index (χ2v) is 4.89. The summed E-state index contributed by atoms with van der Waals surface area (Å²) in [6, 6.07) is 1.92. The average molecular weight is 227 g/mol. The van der Waals surface area contributed by atoms with Gasteiger partial charge in [0.15, 0.2) is 11.5 Å². The van der Waals surface area contributed by atoms with Gasteiger partial charge >= 0.3 is 0 Å². The highest BCUT2D eigenvalue weighted by Crippen LogP contribution is 2.40. The number of rotatable bonds is 2. The van der Waals surface area contributed by atoms with Crippen molar-refractivity contribution in [1.29, 1.82) is 0 Å². The number of hydrogen-bond acceptors (Lipinski definition) is 3. The lowest BCUT2D eigenvalue weighted by Crippen LogP contribution is -2.26. The summed E-state index contributed by atoms with van der Waals surface area (Å²) >= 11 is 0. The number of phenolic OH excluding ortho intramolecular Hbond substituents is 1. The Morgan fingerprint density at radius 1 is 1.38 bits per heavy atom. The average Bonchev–Trinajstić information content (AvgIpc) is 2.18. The first-order chi connectivity index (χ1) is 7.27. The molecule has 0 fully saturated rings. The fourth-order valence-electron chi connectivity index (χ4n) is 1.45. The van der Waals surface area contributed by atoms with E-state index >= 15 is 0 Å². The molecule has 90 valence electrons. The van der Waals surface area contributed by atoms with Crippen molar-refractivity contribution in [1.82, 2.24) is 0 Å². The van der Waals surface area contributed by atoms with Crippen molar-refractivity contribution >= 4 is 0 Å². The lowest BCUT2D eigenvalue weighted by molar-refractivity contribution is 0.309. The van der Waals surface area contributed by atoms with Gasteiger partial charge < -0.3 is 15.6 Å². The van der Waals surface area contributed by atoms with Crippen LogP contribution in [-0.2, 0) is 0 Å². The van der Waals surface area contributed by atoms with Crippen molar-refractivity contribution < 1.29 is 14.2 Å². The van der Waals surface area contributed by atoms with Crippen LogP contribution < -0.4 is 10.5 Å². The highest BCUT2D eigenvalue weighted by molar-refractivity contribution is 5.47. The van der Waals surface area contributed by atoms with Crippen LogP contribution in [0.1, 0.15) is 32.4 Å². The minimum atomic E-state index is -0.468. The normalized spacial score (nSPS) is 13.6. The maximum atomic E-state index is 13.3. The molecule has 0 unspecified atom stereocenters. The second kappa shape index (κ2) is 4.29. The van der Waals surface area contributed by atoms with Gasteiger partial charge in [-0.3, -0.25) is 0 Å². The van der Waals surface area contributed by atoms with Crippen LogP contribution in [0.3, 0.4) is 0 Å². The predicted octanol–water partition coefficient (Wildman–Crippen LogP) is 2.59. The van der Waals surface area contributed by atoms with Crippen LogP contribution in [0.4, 0.5) is 4.39 Å². The van der Waals surface area contributed by atoms with Crippen LogP contribution >= 0.6 is 0 Å². The Morgan fingerprint density at radius 3 is 2.38 bits per heavy atom. The third-order valence-corrected chi connectivity index (χ3v) is 2.56. The molecule has 0 amide bonds. The molecule has 0 aliphatic carbocycles. The van der Waals surface area contributed by atoms with Gasteiger partial charge in [0.25, 0.3) is 0 Å². The first-order valence-electron chi connectivity index (χ1n) is 5.09. The minimum absolute atomic E-state index is 0.0914. The molecule has 0 aliphatic rings. The number of aromatic hydroxyl groups is 1. The van der Waals surface area contributed by atoms with Crippen molar-refractivity contribution in [3.05, 3.63) is 23.5 Å². The van der Waals surface area contributed by atoms with E-state index in [1.807, 2.05) is 20.8 Å². The fraction of sp³-hybridized carbons (Fsp3) is 0.500. The molecule has 0 bridgehead atoms. The van der Waals surface area contributed by atoms with Crippen molar-refractivity contribution in [2.24, 2.45) is 11.1 Å². The molecule has 0 aromatic heterocycles. The van der Waals surface area contributed by atoms with Gasteiger partial charge in [-0.15, -0.1) is 0 Å². The van der Waals surface area contributed by atoms with E-state index in [9.17, 15) is 9.50 Å². The van der Waals surface area contributed by atoms with Gasteiger partial charge in [-0.05, 0) is 11.5 Å². The summed E-state index contributed by atoms with van der Waals surface area (Å²) in [5.74, 6) is -0.453. The van der Waals surface area contributed by atoms with Crippen LogP contribution in [0.5, 0.6) is 11.5 Å². The van der Waals surface area contributed by atoms with E-state index in [-0.39, 0.29) is 16.9 Å². The zero-order valence-corrected chi connectivity index (χ0v) is 10.0. The first-order valence-corrected chi connectivity index (χ1v) is 5.09. The molecule has 0 radical (unpaired) electrons. The lowest BCUT2D eigenvalue weighted by Gasteiger charge is -2.28. The monoisotopic (exact) mass is 227 g/mol. The fourth-order valence-corrected chi connectivity index (χ4v) is 1.45. The summed E-state index contributed by atoms with van der Waals surface area (Å²) in [6.07, 6.45) is 0. The number of ether oxygens (including phenoxy) is 1. The van der Waals surface area contributed by atoms with Crippen molar-refractivity contribution in [3.63, 3.8) is 0 Å². The van der Waals surface area contributed by atoms with Gasteiger partial charge in [0.1, 0.15) is 5.82 Å². The SMILES string of the molecule is COc1cc(F)cc([C@H](N)C(C)(C)C)c1O. The molecule has 0 saturated carbocycles. The Labute approximate surface area is 95.0 Å². The number of methoxy groups -OCH3 is 1. The summed E-state index contributed by atoms with van der Waals surface area (Å²) in [5.41, 5.74) is 6.08. The van der Waals surface area contributed by atoms with Gasteiger partial charge in [0.2, 0.25) is 0 Å². The second-order valence-electron chi connectivity index (χ2n) is 4.89. The molecule has 16 heavy (non-hydrogen) atoms. The van der Waals surface area contributed by atoms with Crippen LogP contribution in [0.2, 0.25) is 0 Å². The van der Waals surface area contributed by atoms with E-state index < -0.39 is 11.9 Å². The van der Waals surface area contributed by atoms with Gasteiger partial charge in [-0.2, -0.15) is 0 Å². The number of hydrogen-bond donors (Lipinski definition) is 2. The summed E-state index contributed by atoms with van der Waals surface area (Å²) in [6.45, 7) is 5.78. The Kier molecular flexibility index (Phi) is 3.43. The number of nitrogens with two attached hydrogens (primary N) is 1. The van der Waals surface area contributed by atoms with E-state index in [4.69, 9.17) is 10.5 Å². The van der Waals surface area contributed by atoms with Crippen LogP contribution in [-0.4, -0.2) is 12.2 Å². The van der Waals surface area contributed by atoms with E-state index in [0.717, 1.165) is 6.07 Å². The smallest absolute Gasteiger partial charge is 0.163 e. The molecule has 1 aromatic rings. The Balaban J connectivity index is 3.28. The first kappa shape index (κ1) is 12.8. The highest BCUT2D eigenvalue weighted by atomic mass is 19.1. The predicted molar refractivity (Wildman–Crippen MR) is 61.0 cm³/mol. The molecular formula is C12H18FNO2. The molecule has 0 aliphatic heterocycles.